The Balaban J connectivity index is 1.81. The van der Waals surface area contributed by atoms with Crippen molar-refractivity contribution in [2.45, 2.75) is 31.1 Å². The lowest BCUT2D eigenvalue weighted by Gasteiger charge is -2.20. The number of allylic oxidation sites excluding steroid dienone is 2. The molecule has 1 aromatic rings. The van der Waals surface area contributed by atoms with E-state index in [1.165, 1.54) is 61.2 Å². The molecule has 8 heteroatoms. The van der Waals surface area contributed by atoms with Crippen molar-refractivity contribution in [2.75, 3.05) is 25.7 Å². The van der Waals surface area contributed by atoms with Crippen LogP contribution in [-0.4, -0.2) is 32.7 Å². The van der Waals surface area contributed by atoms with Gasteiger partial charge in [-0.2, -0.15) is 0 Å². The van der Waals surface area contributed by atoms with Gasteiger partial charge in [0.15, 0.2) is 0 Å². The first kappa shape index (κ1) is 21.9. The molecule has 0 bridgehead atoms. The number of nitrogens with zero attached hydrogens (tertiary/aromatic N) is 1. The lowest BCUT2D eigenvalue weighted by Crippen LogP contribution is -2.18. The number of para-hydroxylation sites is 1. The predicted octanol–water partition coefficient (Wildman–Crippen LogP) is 5.51. The largest absolute Gasteiger partial charge is 0.465 e. The van der Waals surface area contributed by atoms with Gasteiger partial charge in [0.2, 0.25) is 0 Å². The van der Waals surface area contributed by atoms with Gasteiger partial charge in [-0.25, -0.2) is 9.59 Å². The average Bonchev–Trinajstić information content (AvgIpc) is 3.33. The van der Waals surface area contributed by atoms with E-state index in [1.807, 2.05) is 6.08 Å². The van der Waals surface area contributed by atoms with E-state index >= 15 is 0 Å². The van der Waals surface area contributed by atoms with Gasteiger partial charge in [0, 0.05) is 11.4 Å². The summed E-state index contributed by atoms with van der Waals surface area (Å²) in [4.78, 5) is 28.2. The van der Waals surface area contributed by atoms with Crippen molar-refractivity contribution in [1.29, 1.82) is 0 Å². The molecule has 2 aliphatic heterocycles. The van der Waals surface area contributed by atoms with Crippen LogP contribution in [0.2, 0.25) is 0 Å². The lowest BCUT2D eigenvalue weighted by molar-refractivity contribution is -0.138. The number of hydrogen-bond donors (Lipinski definition) is 0. The van der Waals surface area contributed by atoms with Crippen LogP contribution in [0.25, 0.3) is 0 Å². The second-order valence-corrected chi connectivity index (χ2v) is 9.69. The highest BCUT2D eigenvalue weighted by molar-refractivity contribution is 8.29. The van der Waals surface area contributed by atoms with Crippen molar-refractivity contribution in [1.82, 2.24) is 0 Å². The Morgan fingerprint density at radius 2 is 1.62 bits per heavy atom. The van der Waals surface area contributed by atoms with Crippen LogP contribution in [0.5, 0.6) is 0 Å². The van der Waals surface area contributed by atoms with Gasteiger partial charge in [-0.3, -0.25) is 0 Å². The second kappa shape index (κ2) is 10.3. The third-order valence-electron chi connectivity index (χ3n) is 4.34. The Kier molecular flexibility index (Phi) is 7.80. The molecule has 3 rings (SSSR count). The molecule has 1 aromatic carbocycles. The summed E-state index contributed by atoms with van der Waals surface area (Å²) in [5, 5.41) is 1.14. The van der Waals surface area contributed by atoms with E-state index < -0.39 is 11.9 Å². The number of hydrogen-bond acceptors (Lipinski definition) is 8. The van der Waals surface area contributed by atoms with Crippen LogP contribution in [0.3, 0.4) is 0 Å². The van der Waals surface area contributed by atoms with Gasteiger partial charge in [0.25, 0.3) is 0 Å². The Bertz CT molecular complexity index is 862. The highest BCUT2D eigenvalue weighted by Gasteiger charge is 2.32. The molecule has 0 atom stereocenters. The van der Waals surface area contributed by atoms with E-state index in [0.717, 1.165) is 22.2 Å². The van der Waals surface area contributed by atoms with Gasteiger partial charge in [0.05, 0.1) is 29.2 Å². The molecule has 2 heterocycles. The first-order valence-electron chi connectivity index (χ1n) is 9.32. The number of esters is 2. The van der Waals surface area contributed by atoms with E-state index in [0.29, 0.717) is 0 Å². The van der Waals surface area contributed by atoms with Crippen molar-refractivity contribution in [3.8, 4) is 0 Å². The molecule has 0 spiro atoms. The number of thioether (sulfide) groups is 3. The molecule has 0 amide bonds. The van der Waals surface area contributed by atoms with Gasteiger partial charge in [-0.15, -0.1) is 0 Å². The van der Waals surface area contributed by atoms with Gasteiger partial charge in [-0.05, 0) is 30.7 Å². The molecule has 0 saturated carbocycles. The molecule has 0 N–H and O–H groups in total. The summed E-state index contributed by atoms with van der Waals surface area (Å²) < 4.78 is 10.4. The van der Waals surface area contributed by atoms with E-state index in [2.05, 4.69) is 42.2 Å². The van der Waals surface area contributed by atoms with E-state index in [4.69, 9.17) is 9.47 Å². The third-order valence-corrected chi connectivity index (χ3v) is 7.92. The molecular formula is C21H23NO4S3. The summed E-state index contributed by atoms with van der Waals surface area (Å²) in [7, 11) is 2.61. The SMILES string of the molecule is CCCCCN1/C(=C\C=C2SC(C(=O)OC)=C(C(=O)OC)S2)Sc2ccccc21. The van der Waals surface area contributed by atoms with Crippen molar-refractivity contribution in [3.63, 3.8) is 0 Å². The quantitative estimate of drug-likeness (QED) is 0.399. The number of rotatable bonds is 7. The van der Waals surface area contributed by atoms with Crippen molar-refractivity contribution in [3.05, 3.63) is 55.5 Å². The van der Waals surface area contributed by atoms with Crippen molar-refractivity contribution >= 4 is 52.9 Å². The average molecular weight is 450 g/mol. The smallest absolute Gasteiger partial charge is 0.346 e. The molecular weight excluding hydrogens is 426 g/mol. The van der Waals surface area contributed by atoms with Gasteiger partial charge >= 0.3 is 11.9 Å². The maximum atomic E-state index is 12.0. The topological polar surface area (TPSA) is 55.8 Å². The van der Waals surface area contributed by atoms with Crippen LogP contribution < -0.4 is 4.90 Å². The van der Waals surface area contributed by atoms with E-state index in [9.17, 15) is 9.59 Å². The van der Waals surface area contributed by atoms with Crippen LogP contribution in [0.4, 0.5) is 5.69 Å². The van der Waals surface area contributed by atoms with Crippen molar-refractivity contribution < 1.29 is 19.1 Å². The normalized spacial score (nSPS) is 17.0. The lowest BCUT2D eigenvalue weighted by atomic mass is 10.2. The standard InChI is InChI=1S/C21H23NO4S3/c1-4-5-8-13-22-14-9-6-7-10-15(14)27-16(22)11-12-17-28-18(20(23)25-2)19(29-17)21(24)26-3/h6-7,9-12H,4-5,8,13H2,1-3H3/b16-11+. The summed E-state index contributed by atoms with van der Waals surface area (Å²) in [5.41, 5.74) is 1.23. The number of fused-ring (bicyclic) bond motifs is 1. The summed E-state index contributed by atoms with van der Waals surface area (Å²) in [5.74, 6) is -1.05. The van der Waals surface area contributed by atoms with Crippen LogP contribution in [0.15, 0.2) is 60.4 Å². The number of benzene rings is 1. The van der Waals surface area contributed by atoms with Crippen LogP contribution in [0.1, 0.15) is 26.2 Å². The monoisotopic (exact) mass is 449 g/mol. The number of unbranched alkanes of at least 4 members (excludes halogenated alkanes) is 2. The Morgan fingerprint density at radius 3 is 2.24 bits per heavy atom. The first-order chi connectivity index (χ1) is 14.1. The molecule has 0 radical (unpaired) electrons. The zero-order valence-electron chi connectivity index (χ0n) is 16.6. The Labute approximate surface area is 184 Å². The highest BCUT2D eigenvalue weighted by Crippen LogP contribution is 2.51. The minimum atomic E-state index is -0.525. The maximum absolute atomic E-state index is 12.0. The van der Waals surface area contributed by atoms with Crippen LogP contribution >= 0.6 is 35.3 Å². The molecule has 2 aliphatic rings. The number of ether oxygens (including phenoxy) is 2. The van der Waals surface area contributed by atoms with Gasteiger partial charge in [-0.1, -0.05) is 67.2 Å². The fourth-order valence-electron chi connectivity index (χ4n) is 2.90. The molecule has 154 valence electrons. The van der Waals surface area contributed by atoms with Crippen LogP contribution in [-0.2, 0) is 19.1 Å². The molecule has 0 fully saturated rings. The molecule has 0 aliphatic carbocycles. The fraction of sp³-hybridized carbons (Fsp3) is 0.333. The van der Waals surface area contributed by atoms with Gasteiger partial charge < -0.3 is 14.4 Å². The van der Waals surface area contributed by atoms with Crippen molar-refractivity contribution in [2.24, 2.45) is 0 Å². The Morgan fingerprint density at radius 1 is 0.966 bits per heavy atom. The summed E-state index contributed by atoms with van der Waals surface area (Å²) in [6.07, 6.45) is 7.51. The zero-order valence-corrected chi connectivity index (χ0v) is 19.0. The zero-order chi connectivity index (χ0) is 20.8. The number of carbonyl (C=O) groups is 2. The first-order valence-corrected chi connectivity index (χ1v) is 11.8. The summed E-state index contributed by atoms with van der Waals surface area (Å²) >= 11 is 4.22. The Hall–Kier alpha value is -1.77. The van der Waals surface area contributed by atoms with Gasteiger partial charge in [0.1, 0.15) is 9.81 Å². The number of methoxy groups -OCH3 is 2. The molecule has 0 aromatic heterocycles. The van der Waals surface area contributed by atoms with E-state index in [1.54, 1.807) is 11.8 Å². The minimum absolute atomic E-state index is 0.274. The molecule has 5 nitrogen and oxygen atoms in total. The predicted molar refractivity (Wildman–Crippen MR) is 122 cm³/mol. The van der Waals surface area contributed by atoms with Crippen LogP contribution in [0, 0.1) is 0 Å². The maximum Gasteiger partial charge on any atom is 0.346 e. The fourth-order valence-corrected chi connectivity index (χ4v) is 6.27. The number of carbonyl (C=O) groups excluding carboxylic acids is 2. The third kappa shape index (κ3) is 5.05. The number of anilines is 1. The second-order valence-electron chi connectivity index (χ2n) is 6.26. The molecule has 0 unspecified atom stereocenters. The molecule has 29 heavy (non-hydrogen) atoms. The minimum Gasteiger partial charge on any atom is -0.465 e. The van der Waals surface area contributed by atoms with E-state index in [-0.39, 0.29) is 9.81 Å². The highest BCUT2D eigenvalue weighted by atomic mass is 32.2. The molecule has 0 saturated heterocycles. The summed E-state index contributed by atoms with van der Waals surface area (Å²) in [6.45, 7) is 3.17. The summed E-state index contributed by atoms with van der Waals surface area (Å²) in [6, 6.07) is 8.39.